The molecule has 7 N–H and O–H groups in total. The zero-order valence-electron chi connectivity index (χ0n) is 22.7. The van der Waals surface area contributed by atoms with Crippen molar-refractivity contribution in [1.29, 1.82) is 0 Å². The second-order valence-corrected chi connectivity index (χ2v) is 10.3. The molecule has 0 aliphatic carbocycles. The minimum Gasteiger partial charge on any atom is -0.366 e. The van der Waals surface area contributed by atoms with Crippen molar-refractivity contribution in [2.24, 2.45) is 17.4 Å². The molecule has 4 aromatic carbocycles. The molecule has 0 fully saturated rings. The van der Waals surface area contributed by atoms with E-state index in [2.05, 4.69) is 15.6 Å². The molecule has 0 aliphatic rings. The molecular weight excluding hydrogens is 521 g/mol. The van der Waals surface area contributed by atoms with Gasteiger partial charge in [-0.15, -0.1) is 0 Å². The lowest BCUT2D eigenvalue weighted by atomic mass is 9.92. The first-order chi connectivity index (χ1) is 19.7. The summed E-state index contributed by atoms with van der Waals surface area (Å²) in [7, 11) is 0. The summed E-state index contributed by atoms with van der Waals surface area (Å²) in [6.45, 7) is 4.07. The number of halogens is 1. The molecule has 0 aliphatic heterocycles. The number of benzene rings is 4. The highest BCUT2D eigenvalue weighted by molar-refractivity contribution is 6.20. The molecule has 0 atom stereocenters. The van der Waals surface area contributed by atoms with E-state index >= 15 is 0 Å². The molecule has 0 saturated carbocycles. The number of carbonyl (C=O) groups is 3. The van der Waals surface area contributed by atoms with Crippen molar-refractivity contribution in [3.8, 4) is 11.1 Å². The van der Waals surface area contributed by atoms with Crippen LogP contribution in [0, 0.1) is 11.7 Å². The molecule has 1 aromatic heterocycles. The van der Waals surface area contributed by atoms with Crippen LogP contribution in [-0.4, -0.2) is 22.7 Å². The molecule has 208 valence electrons. The third-order valence-corrected chi connectivity index (χ3v) is 6.92. The van der Waals surface area contributed by atoms with E-state index in [9.17, 15) is 18.8 Å². The number of rotatable bonds is 8. The van der Waals surface area contributed by atoms with Crippen molar-refractivity contribution >= 4 is 50.9 Å². The van der Waals surface area contributed by atoms with Crippen LogP contribution in [0.25, 0.3) is 32.9 Å². The van der Waals surface area contributed by atoms with Gasteiger partial charge < -0.3 is 27.1 Å². The Morgan fingerprint density at radius 2 is 1.68 bits per heavy atom. The molecule has 1 heterocycles. The predicted molar refractivity (Wildman–Crippen MR) is 160 cm³/mol. The summed E-state index contributed by atoms with van der Waals surface area (Å²) >= 11 is 0. The Hall–Kier alpha value is -5.02. The van der Waals surface area contributed by atoms with E-state index < -0.39 is 17.6 Å². The van der Waals surface area contributed by atoms with Crippen molar-refractivity contribution < 1.29 is 18.8 Å². The molecule has 0 radical (unpaired) electrons. The van der Waals surface area contributed by atoms with Crippen LogP contribution in [0.4, 0.5) is 15.8 Å². The number of nitrogens with two attached hydrogens (primary N) is 2. The van der Waals surface area contributed by atoms with E-state index in [1.54, 1.807) is 18.2 Å². The Kier molecular flexibility index (Phi) is 7.54. The summed E-state index contributed by atoms with van der Waals surface area (Å²) in [5.41, 5.74) is 17.2. The molecule has 41 heavy (non-hydrogen) atoms. The summed E-state index contributed by atoms with van der Waals surface area (Å²) < 4.78 is 13.4. The summed E-state index contributed by atoms with van der Waals surface area (Å²) in [6.07, 6.45) is 0.399. The number of hydrogen-bond donors (Lipinski definition) is 5. The van der Waals surface area contributed by atoms with Crippen LogP contribution >= 0.6 is 0 Å². The first kappa shape index (κ1) is 27.5. The molecule has 0 bridgehead atoms. The van der Waals surface area contributed by atoms with E-state index in [1.807, 2.05) is 44.2 Å². The molecule has 0 saturated heterocycles. The third-order valence-electron chi connectivity index (χ3n) is 6.92. The van der Waals surface area contributed by atoms with Crippen molar-refractivity contribution in [3.05, 3.63) is 95.3 Å². The van der Waals surface area contributed by atoms with Crippen LogP contribution in [-0.2, 0) is 11.3 Å². The minimum absolute atomic E-state index is 0.0823. The number of hydrogen-bond acceptors (Lipinski definition) is 4. The number of H-pyrrole nitrogens is 1. The van der Waals surface area contributed by atoms with Gasteiger partial charge in [-0.25, -0.2) is 4.39 Å². The average Bonchev–Trinajstić information content (AvgIpc) is 3.31. The van der Waals surface area contributed by atoms with Gasteiger partial charge >= 0.3 is 0 Å². The number of fused-ring (bicyclic) bond motifs is 3. The van der Waals surface area contributed by atoms with Gasteiger partial charge in [-0.05, 0) is 71.1 Å². The highest BCUT2D eigenvalue weighted by Crippen LogP contribution is 2.40. The van der Waals surface area contributed by atoms with Crippen molar-refractivity contribution in [3.63, 3.8) is 0 Å². The molecule has 8 nitrogen and oxygen atoms in total. The number of aromatic nitrogens is 1. The number of primary amides is 1. The normalized spacial score (nSPS) is 11.2. The van der Waals surface area contributed by atoms with Gasteiger partial charge in [-0.2, -0.15) is 0 Å². The van der Waals surface area contributed by atoms with E-state index in [-0.39, 0.29) is 18.4 Å². The van der Waals surface area contributed by atoms with Gasteiger partial charge in [0.25, 0.3) is 11.8 Å². The Balaban J connectivity index is 1.63. The fourth-order valence-electron chi connectivity index (χ4n) is 5.07. The summed E-state index contributed by atoms with van der Waals surface area (Å²) in [5, 5.41) is 7.40. The van der Waals surface area contributed by atoms with Gasteiger partial charge in [-0.1, -0.05) is 38.1 Å². The quantitative estimate of drug-likeness (QED) is 0.163. The Labute approximate surface area is 235 Å². The van der Waals surface area contributed by atoms with E-state index in [0.29, 0.717) is 45.5 Å². The van der Waals surface area contributed by atoms with Gasteiger partial charge in [0.1, 0.15) is 5.82 Å². The SMILES string of the molecule is CC(C)CC(=O)Nc1ccc2c(c1)[nH]c1c(C(N)=O)ccc(-c3cccc(NC(=O)c4ccc(F)cc4)c3CN)c12. The van der Waals surface area contributed by atoms with Crippen LogP contribution in [0.15, 0.2) is 72.8 Å². The third kappa shape index (κ3) is 5.53. The van der Waals surface area contributed by atoms with Crippen LogP contribution in [0.5, 0.6) is 0 Å². The van der Waals surface area contributed by atoms with Crippen molar-refractivity contribution in [1.82, 2.24) is 4.98 Å². The maximum atomic E-state index is 13.4. The zero-order chi connectivity index (χ0) is 29.3. The Bertz CT molecular complexity index is 1810. The van der Waals surface area contributed by atoms with Gasteiger partial charge in [0, 0.05) is 46.2 Å². The largest absolute Gasteiger partial charge is 0.366 e. The number of aromatic amines is 1. The number of amides is 3. The molecule has 9 heteroatoms. The zero-order valence-corrected chi connectivity index (χ0v) is 22.7. The van der Waals surface area contributed by atoms with Crippen LogP contribution in [0.2, 0.25) is 0 Å². The number of carbonyl (C=O) groups excluding carboxylic acids is 3. The maximum Gasteiger partial charge on any atom is 0.255 e. The highest BCUT2D eigenvalue weighted by atomic mass is 19.1. The van der Waals surface area contributed by atoms with Crippen LogP contribution < -0.4 is 22.1 Å². The highest BCUT2D eigenvalue weighted by Gasteiger charge is 2.20. The number of nitrogens with one attached hydrogen (secondary N) is 3. The van der Waals surface area contributed by atoms with Gasteiger partial charge in [0.2, 0.25) is 5.91 Å². The monoisotopic (exact) mass is 551 g/mol. The topological polar surface area (TPSA) is 143 Å². The fraction of sp³-hybridized carbons (Fsp3) is 0.156. The molecular formula is C32H30FN5O3. The number of anilines is 2. The lowest BCUT2D eigenvalue weighted by molar-refractivity contribution is -0.116. The smallest absolute Gasteiger partial charge is 0.255 e. The molecule has 0 unspecified atom stereocenters. The van der Waals surface area contributed by atoms with Gasteiger partial charge in [0.05, 0.1) is 11.1 Å². The Morgan fingerprint density at radius 1 is 0.927 bits per heavy atom. The van der Waals surface area contributed by atoms with Crippen molar-refractivity contribution in [2.75, 3.05) is 10.6 Å². The summed E-state index contributed by atoms with van der Waals surface area (Å²) in [6, 6.07) is 19.7. The predicted octanol–water partition coefficient (Wildman–Crippen LogP) is 5.92. The lowest BCUT2D eigenvalue weighted by Gasteiger charge is -2.16. The molecule has 3 amide bonds. The Morgan fingerprint density at radius 3 is 2.37 bits per heavy atom. The van der Waals surface area contributed by atoms with Crippen LogP contribution in [0.1, 0.15) is 46.5 Å². The first-order valence-electron chi connectivity index (χ1n) is 13.2. The second-order valence-electron chi connectivity index (χ2n) is 10.3. The lowest BCUT2D eigenvalue weighted by Crippen LogP contribution is -2.15. The molecule has 5 rings (SSSR count). The second kappa shape index (κ2) is 11.2. The van der Waals surface area contributed by atoms with E-state index in [4.69, 9.17) is 11.5 Å². The molecule has 0 spiro atoms. The van der Waals surface area contributed by atoms with Gasteiger partial charge in [0.15, 0.2) is 0 Å². The fourth-order valence-corrected chi connectivity index (χ4v) is 5.07. The van der Waals surface area contributed by atoms with E-state index in [1.165, 1.54) is 24.3 Å². The van der Waals surface area contributed by atoms with E-state index in [0.717, 1.165) is 21.9 Å². The van der Waals surface area contributed by atoms with Crippen molar-refractivity contribution in [2.45, 2.75) is 26.8 Å². The minimum atomic E-state index is -0.585. The van der Waals surface area contributed by atoms with Gasteiger partial charge in [-0.3, -0.25) is 14.4 Å². The summed E-state index contributed by atoms with van der Waals surface area (Å²) in [5.74, 6) is -1.27. The average molecular weight is 552 g/mol. The maximum absolute atomic E-state index is 13.4. The summed E-state index contributed by atoms with van der Waals surface area (Å²) in [4.78, 5) is 41.0. The molecule has 5 aromatic rings. The first-order valence-corrected chi connectivity index (χ1v) is 13.2. The standard InChI is InChI=1S/C32H30FN5O3/c1-17(2)14-28(39)36-20-10-11-23-27(15-20)37-30-24(31(35)40)13-12-22(29(23)30)21-4-3-5-26(25(21)16-34)38-32(41)18-6-8-19(33)9-7-18/h3-13,15,17,37H,14,16,34H2,1-2H3,(H2,35,40)(H,36,39)(H,38,41). The van der Waals surface area contributed by atoms with Crippen LogP contribution in [0.3, 0.4) is 0 Å².